The van der Waals surface area contributed by atoms with Crippen molar-refractivity contribution in [3.63, 3.8) is 0 Å². The van der Waals surface area contributed by atoms with Crippen LogP contribution in [-0.2, 0) is 22.7 Å². The summed E-state index contributed by atoms with van der Waals surface area (Å²) in [5.41, 5.74) is 3.87. The highest BCUT2D eigenvalue weighted by Crippen LogP contribution is 2.31. The summed E-state index contributed by atoms with van der Waals surface area (Å²) in [6, 6.07) is 7.47. The van der Waals surface area contributed by atoms with Crippen LogP contribution in [0.2, 0.25) is 0 Å². The third-order valence-corrected chi connectivity index (χ3v) is 5.51. The molecule has 0 radical (unpaired) electrons. The largest absolute Gasteiger partial charge is 0.368 e. The SMILES string of the molecule is CC1CN(c2ccc3c(c2)CN(C2CCC(=O)NC2=O)C3)CC(C)N1. The number of hydrogen-bond donors (Lipinski definition) is 2. The maximum Gasteiger partial charge on any atom is 0.243 e. The molecule has 2 amide bonds. The molecular weight excluding hydrogens is 316 g/mol. The molecule has 1 aromatic carbocycles. The van der Waals surface area contributed by atoms with E-state index in [9.17, 15) is 9.59 Å². The van der Waals surface area contributed by atoms with Gasteiger partial charge in [0.2, 0.25) is 11.8 Å². The molecule has 3 aliphatic rings. The average Bonchev–Trinajstić information content (AvgIpc) is 2.96. The predicted octanol–water partition coefficient (Wildman–Crippen LogP) is 0.994. The van der Waals surface area contributed by atoms with Gasteiger partial charge in [-0.05, 0) is 43.5 Å². The van der Waals surface area contributed by atoms with Crippen LogP contribution in [0.25, 0.3) is 0 Å². The zero-order valence-corrected chi connectivity index (χ0v) is 14.9. The molecule has 2 N–H and O–H groups in total. The molecule has 25 heavy (non-hydrogen) atoms. The monoisotopic (exact) mass is 342 g/mol. The number of carbonyl (C=O) groups excluding carboxylic acids is 2. The Bertz CT molecular complexity index is 695. The van der Waals surface area contributed by atoms with Gasteiger partial charge in [0.05, 0.1) is 6.04 Å². The van der Waals surface area contributed by atoms with Gasteiger partial charge in [0, 0.05) is 50.4 Å². The van der Waals surface area contributed by atoms with Crippen LogP contribution in [0.15, 0.2) is 18.2 Å². The average molecular weight is 342 g/mol. The lowest BCUT2D eigenvalue weighted by atomic mass is 10.0. The fourth-order valence-corrected chi connectivity index (χ4v) is 4.39. The first-order chi connectivity index (χ1) is 12.0. The minimum absolute atomic E-state index is 0.144. The van der Waals surface area contributed by atoms with Crippen molar-refractivity contribution in [2.24, 2.45) is 0 Å². The number of hydrogen-bond acceptors (Lipinski definition) is 5. The molecule has 0 aliphatic carbocycles. The lowest BCUT2D eigenvalue weighted by Crippen LogP contribution is -2.54. The molecular formula is C19H26N4O2. The van der Waals surface area contributed by atoms with Gasteiger partial charge in [0.15, 0.2) is 0 Å². The third-order valence-electron chi connectivity index (χ3n) is 5.51. The van der Waals surface area contributed by atoms with Crippen molar-refractivity contribution in [2.45, 2.75) is 57.9 Å². The first-order valence-electron chi connectivity index (χ1n) is 9.20. The van der Waals surface area contributed by atoms with Crippen molar-refractivity contribution in [1.29, 1.82) is 0 Å². The highest BCUT2D eigenvalue weighted by Gasteiger charge is 2.35. The highest BCUT2D eigenvalue weighted by atomic mass is 16.2. The van der Waals surface area contributed by atoms with Gasteiger partial charge in [-0.1, -0.05) is 6.07 Å². The lowest BCUT2D eigenvalue weighted by Gasteiger charge is -2.37. The molecule has 1 aromatic rings. The van der Waals surface area contributed by atoms with Crippen LogP contribution in [0.5, 0.6) is 0 Å². The van der Waals surface area contributed by atoms with E-state index in [2.05, 4.69) is 52.5 Å². The summed E-state index contributed by atoms with van der Waals surface area (Å²) in [4.78, 5) is 28.1. The first kappa shape index (κ1) is 16.5. The van der Waals surface area contributed by atoms with Crippen LogP contribution in [-0.4, -0.2) is 47.9 Å². The molecule has 0 spiro atoms. The Balaban J connectivity index is 1.49. The molecule has 0 aromatic heterocycles. The summed E-state index contributed by atoms with van der Waals surface area (Å²) >= 11 is 0. The molecule has 2 saturated heterocycles. The maximum atomic E-state index is 12.1. The Labute approximate surface area is 148 Å². The smallest absolute Gasteiger partial charge is 0.243 e. The minimum atomic E-state index is -0.187. The number of piperazine rings is 1. The number of carbonyl (C=O) groups is 2. The van der Waals surface area contributed by atoms with Crippen LogP contribution < -0.4 is 15.5 Å². The van der Waals surface area contributed by atoms with Crippen molar-refractivity contribution in [1.82, 2.24) is 15.5 Å². The number of fused-ring (bicyclic) bond motifs is 1. The number of nitrogens with zero attached hydrogens (tertiary/aromatic N) is 2. The summed E-state index contributed by atoms with van der Waals surface area (Å²) in [7, 11) is 0. The highest BCUT2D eigenvalue weighted by molar-refractivity contribution is 6.00. The number of imide groups is 1. The van der Waals surface area contributed by atoms with Gasteiger partial charge < -0.3 is 10.2 Å². The standard InChI is InChI=1S/C19H26N4O2/c1-12-8-22(9-13(2)20-12)16-4-3-14-10-23(11-15(14)7-16)17-5-6-18(24)21-19(17)25/h3-4,7,12-13,17,20H,5-6,8-11H2,1-2H3,(H,21,24,25). The van der Waals surface area contributed by atoms with E-state index in [1.54, 1.807) is 0 Å². The summed E-state index contributed by atoms with van der Waals surface area (Å²) < 4.78 is 0. The van der Waals surface area contributed by atoms with Crippen LogP contribution in [0.3, 0.4) is 0 Å². The van der Waals surface area contributed by atoms with E-state index in [1.165, 1.54) is 16.8 Å². The third kappa shape index (κ3) is 3.28. The molecule has 134 valence electrons. The molecule has 3 atom stereocenters. The fraction of sp³-hybridized carbons (Fsp3) is 0.579. The Kier molecular flexibility index (Phi) is 4.25. The van der Waals surface area contributed by atoms with Crippen molar-refractivity contribution in [2.75, 3.05) is 18.0 Å². The van der Waals surface area contributed by atoms with Crippen molar-refractivity contribution in [3.8, 4) is 0 Å². The molecule has 3 heterocycles. The molecule has 0 bridgehead atoms. The summed E-state index contributed by atoms with van der Waals surface area (Å²) in [6.07, 6.45) is 1.06. The van der Waals surface area contributed by atoms with Gasteiger partial charge in [-0.3, -0.25) is 19.8 Å². The van der Waals surface area contributed by atoms with E-state index in [4.69, 9.17) is 0 Å². The van der Waals surface area contributed by atoms with E-state index in [0.29, 0.717) is 24.9 Å². The van der Waals surface area contributed by atoms with Crippen LogP contribution in [0.4, 0.5) is 5.69 Å². The van der Waals surface area contributed by atoms with Gasteiger partial charge in [-0.15, -0.1) is 0 Å². The number of anilines is 1. The molecule has 6 nitrogen and oxygen atoms in total. The number of nitrogens with one attached hydrogen (secondary N) is 2. The quantitative estimate of drug-likeness (QED) is 0.785. The van der Waals surface area contributed by atoms with Crippen molar-refractivity contribution in [3.05, 3.63) is 29.3 Å². The topological polar surface area (TPSA) is 64.7 Å². The summed E-state index contributed by atoms with van der Waals surface area (Å²) in [6.45, 7) is 8.05. The normalized spacial score (nSPS) is 30.3. The molecule has 3 aliphatic heterocycles. The second kappa shape index (κ2) is 6.42. The maximum absolute atomic E-state index is 12.1. The molecule has 0 saturated carbocycles. The predicted molar refractivity (Wildman–Crippen MR) is 96.1 cm³/mol. The Morgan fingerprint density at radius 3 is 2.48 bits per heavy atom. The van der Waals surface area contributed by atoms with Crippen LogP contribution in [0.1, 0.15) is 37.8 Å². The van der Waals surface area contributed by atoms with Crippen LogP contribution >= 0.6 is 0 Å². The van der Waals surface area contributed by atoms with Gasteiger partial charge >= 0.3 is 0 Å². The number of amides is 2. The summed E-state index contributed by atoms with van der Waals surface area (Å²) in [5, 5.41) is 6.04. The number of benzene rings is 1. The van der Waals surface area contributed by atoms with Crippen molar-refractivity contribution < 1.29 is 9.59 Å². The van der Waals surface area contributed by atoms with E-state index in [1.807, 2.05) is 0 Å². The Morgan fingerprint density at radius 2 is 1.76 bits per heavy atom. The lowest BCUT2D eigenvalue weighted by molar-refractivity contribution is -0.137. The van der Waals surface area contributed by atoms with E-state index >= 15 is 0 Å². The zero-order valence-electron chi connectivity index (χ0n) is 14.9. The van der Waals surface area contributed by atoms with E-state index in [0.717, 1.165) is 26.2 Å². The zero-order chi connectivity index (χ0) is 17.6. The van der Waals surface area contributed by atoms with E-state index < -0.39 is 0 Å². The van der Waals surface area contributed by atoms with E-state index in [-0.39, 0.29) is 17.9 Å². The van der Waals surface area contributed by atoms with Gasteiger partial charge in [0.25, 0.3) is 0 Å². The fourth-order valence-electron chi connectivity index (χ4n) is 4.39. The van der Waals surface area contributed by atoms with Crippen molar-refractivity contribution >= 4 is 17.5 Å². The Hall–Kier alpha value is -1.92. The number of rotatable bonds is 2. The summed E-state index contributed by atoms with van der Waals surface area (Å²) in [5.74, 6) is -0.295. The first-order valence-corrected chi connectivity index (χ1v) is 9.20. The molecule has 6 heteroatoms. The number of piperidine rings is 1. The van der Waals surface area contributed by atoms with Gasteiger partial charge in [-0.2, -0.15) is 0 Å². The van der Waals surface area contributed by atoms with Gasteiger partial charge in [-0.25, -0.2) is 0 Å². The second-order valence-corrected chi connectivity index (χ2v) is 7.70. The van der Waals surface area contributed by atoms with Gasteiger partial charge in [0.1, 0.15) is 0 Å². The van der Waals surface area contributed by atoms with Crippen LogP contribution in [0, 0.1) is 0 Å². The second-order valence-electron chi connectivity index (χ2n) is 7.70. The molecule has 4 rings (SSSR count). The minimum Gasteiger partial charge on any atom is -0.368 e. The molecule has 2 fully saturated rings. The Morgan fingerprint density at radius 1 is 1.04 bits per heavy atom. The molecule has 3 unspecified atom stereocenters.